The minimum Gasteiger partial charge on any atom is -0.496 e. The second kappa shape index (κ2) is 8.16. The van der Waals surface area contributed by atoms with Gasteiger partial charge in [0.05, 0.1) is 23.1 Å². The van der Waals surface area contributed by atoms with E-state index < -0.39 is 0 Å². The Labute approximate surface area is 149 Å². The van der Waals surface area contributed by atoms with Crippen LogP contribution in [0.25, 0.3) is 0 Å². The smallest absolute Gasteiger partial charge is 0.255 e. The fourth-order valence-corrected chi connectivity index (χ4v) is 3.98. The van der Waals surface area contributed by atoms with E-state index in [4.69, 9.17) is 4.74 Å². The highest BCUT2D eigenvalue weighted by atomic mass is 32.2. The maximum atomic E-state index is 12.2. The molecule has 8 heteroatoms. The number of hydrogen-bond acceptors (Lipinski definition) is 6. The first-order chi connectivity index (χ1) is 11.4. The Hall–Kier alpha value is -2.06. The summed E-state index contributed by atoms with van der Waals surface area (Å²) in [5.41, 5.74) is 1.50. The SMILES string of the molecule is CCNC(=O)c1cc(Sc2cnc(NC(C)=O)s2)c(C)cc1OC. The van der Waals surface area contributed by atoms with Crippen LogP contribution in [-0.2, 0) is 4.79 Å². The molecule has 0 aliphatic rings. The van der Waals surface area contributed by atoms with Crippen molar-refractivity contribution in [1.29, 1.82) is 0 Å². The number of carbonyl (C=O) groups is 2. The van der Waals surface area contributed by atoms with Gasteiger partial charge in [0.25, 0.3) is 5.91 Å². The van der Waals surface area contributed by atoms with Gasteiger partial charge in [0.15, 0.2) is 5.13 Å². The van der Waals surface area contributed by atoms with Crippen molar-refractivity contribution in [3.63, 3.8) is 0 Å². The van der Waals surface area contributed by atoms with Crippen molar-refractivity contribution in [2.75, 3.05) is 19.0 Å². The zero-order valence-corrected chi connectivity index (χ0v) is 15.6. The van der Waals surface area contributed by atoms with Crippen LogP contribution in [-0.4, -0.2) is 30.5 Å². The molecule has 0 saturated carbocycles. The summed E-state index contributed by atoms with van der Waals surface area (Å²) in [5.74, 6) is 0.227. The van der Waals surface area contributed by atoms with Crippen LogP contribution in [0.4, 0.5) is 5.13 Å². The number of hydrogen-bond donors (Lipinski definition) is 2. The van der Waals surface area contributed by atoms with Gasteiger partial charge in [0.2, 0.25) is 5.91 Å². The summed E-state index contributed by atoms with van der Waals surface area (Å²) in [6, 6.07) is 3.67. The number of nitrogens with zero attached hydrogens (tertiary/aromatic N) is 1. The average molecular weight is 365 g/mol. The number of rotatable bonds is 6. The van der Waals surface area contributed by atoms with Crippen molar-refractivity contribution in [2.24, 2.45) is 0 Å². The molecule has 1 aromatic heterocycles. The molecule has 0 saturated heterocycles. The molecule has 6 nitrogen and oxygen atoms in total. The summed E-state index contributed by atoms with van der Waals surface area (Å²) in [7, 11) is 1.55. The number of carbonyl (C=O) groups excluding carboxylic acids is 2. The minimum absolute atomic E-state index is 0.153. The largest absolute Gasteiger partial charge is 0.496 e. The van der Waals surface area contributed by atoms with Gasteiger partial charge in [-0.05, 0) is 31.5 Å². The predicted octanol–water partition coefficient (Wildman–Crippen LogP) is 3.32. The van der Waals surface area contributed by atoms with Gasteiger partial charge in [-0.15, -0.1) is 0 Å². The molecule has 0 unspecified atom stereocenters. The molecule has 0 aliphatic heterocycles. The number of nitrogens with one attached hydrogen (secondary N) is 2. The van der Waals surface area contributed by atoms with Gasteiger partial charge in [0, 0.05) is 18.4 Å². The van der Waals surface area contributed by atoms with Crippen LogP contribution >= 0.6 is 23.1 Å². The molecular weight excluding hydrogens is 346 g/mol. The molecule has 0 atom stereocenters. The molecule has 2 N–H and O–H groups in total. The van der Waals surface area contributed by atoms with Crippen LogP contribution in [0.2, 0.25) is 0 Å². The van der Waals surface area contributed by atoms with Crippen LogP contribution in [0, 0.1) is 6.92 Å². The lowest BCUT2D eigenvalue weighted by Crippen LogP contribution is -2.23. The molecule has 1 aromatic carbocycles. The Morgan fingerprint density at radius 3 is 2.75 bits per heavy atom. The summed E-state index contributed by atoms with van der Waals surface area (Å²) in [6.07, 6.45) is 1.70. The molecule has 24 heavy (non-hydrogen) atoms. The van der Waals surface area contributed by atoms with Gasteiger partial charge >= 0.3 is 0 Å². The van der Waals surface area contributed by atoms with E-state index in [1.54, 1.807) is 13.3 Å². The summed E-state index contributed by atoms with van der Waals surface area (Å²) in [4.78, 5) is 28.4. The standard InChI is InChI=1S/C16H19N3O3S2/c1-5-17-15(21)11-7-13(9(2)6-12(11)22-4)23-14-8-18-16(24-14)19-10(3)20/h6-8H,5H2,1-4H3,(H,17,21)(H,18,19,20). The number of aryl methyl sites for hydroxylation is 1. The molecule has 128 valence electrons. The molecule has 1 heterocycles. The first kappa shape index (κ1) is 18.3. The van der Waals surface area contributed by atoms with Crippen molar-refractivity contribution in [3.8, 4) is 5.75 Å². The average Bonchev–Trinajstić information content (AvgIpc) is 2.95. The normalized spacial score (nSPS) is 10.3. The molecule has 0 fully saturated rings. The summed E-state index contributed by atoms with van der Waals surface area (Å²) in [5, 5.41) is 6.00. The van der Waals surface area contributed by atoms with E-state index >= 15 is 0 Å². The predicted molar refractivity (Wildman–Crippen MR) is 96.3 cm³/mol. The van der Waals surface area contributed by atoms with Gasteiger partial charge in [-0.3, -0.25) is 9.59 Å². The van der Waals surface area contributed by atoms with Crippen molar-refractivity contribution in [1.82, 2.24) is 10.3 Å². The maximum absolute atomic E-state index is 12.2. The fraction of sp³-hybridized carbons (Fsp3) is 0.312. The zero-order valence-electron chi connectivity index (χ0n) is 13.9. The van der Waals surface area contributed by atoms with E-state index in [-0.39, 0.29) is 11.8 Å². The Morgan fingerprint density at radius 2 is 2.12 bits per heavy atom. The molecule has 0 aliphatic carbocycles. The Bertz CT molecular complexity index is 759. The van der Waals surface area contributed by atoms with Crippen LogP contribution in [0.3, 0.4) is 0 Å². The zero-order chi connectivity index (χ0) is 17.7. The summed E-state index contributed by atoms with van der Waals surface area (Å²) >= 11 is 2.89. The van der Waals surface area contributed by atoms with E-state index in [2.05, 4.69) is 15.6 Å². The molecule has 0 radical (unpaired) electrons. The lowest BCUT2D eigenvalue weighted by Gasteiger charge is -2.12. The summed E-state index contributed by atoms with van der Waals surface area (Å²) in [6.45, 7) is 5.82. The highest BCUT2D eigenvalue weighted by Crippen LogP contribution is 2.38. The van der Waals surface area contributed by atoms with E-state index in [1.807, 2.05) is 26.0 Å². The number of ether oxygens (including phenoxy) is 1. The van der Waals surface area contributed by atoms with Gasteiger partial charge in [-0.2, -0.15) is 0 Å². The lowest BCUT2D eigenvalue weighted by molar-refractivity contribution is -0.114. The number of anilines is 1. The minimum atomic E-state index is -0.167. The number of thiazole rings is 1. The van der Waals surface area contributed by atoms with Crippen molar-refractivity contribution in [2.45, 2.75) is 29.9 Å². The number of amides is 2. The van der Waals surface area contributed by atoms with Crippen molar-refractivity contribution in [3.05, 3.63) is 29.5 Å². The highest BCUT2D eigenvalue weighted by molar-refractivity contribution is 8.01. The third kappa shape index (κ3) is 4.48. The quantitative estimate of drug-likeness (QED) is 0.821. The molecule has 0 spiro atoms. The molecule has 2 amide bonds. The highest BCUT2D eigenvalue weighted by Gasteiger charge is 2.16. The number of methoxy groups -OCH3 is 1. The van der Waals surface area contributed by atoms with Crippen LogP contribution < -0.4 is 15.4 Å². The van der Waals surface area contributed by atoms with Crippen LogP contribution in [0.5, 0.6) is 5.75 Å². The monoisotopic (exact) mass is 365 g/mol. The fourth-order valence-electron chi connectivity index (χ4n) is 2.00. The molecule has 2 aromatic rings. The molecule has 2 rings (SSSR count). The van der Waals surface area contributed by atoms with E-state index in [0.29, 0.717) is 23.0 Å². The Balaban J connectivity index is 2.29. The Morgan fingerprint density at radius 1 is 1.38 bits per heavy atom. The van der Waals surface area contributed by atoms with Gasteiger partial charge < -0.3 is 15.4 Å². The number of benzene rings is 1. The van der Waals surface area contributed by atoms with Crippen LogP contribution in [0.15, 0.2) is 27.4 Å². The van der Waals surface area contributed by atoms with E-state index in [9.17, 15) is 9.59 Å². The van der Waals surface area contributed by atoms with Crippen molar-refractivity contribution < 1.29 is 14.3 Å². The van der Waals surface area contributed by atoms with Gasteiger partial charge in [-0.25, -0.2) is 4.98 Å². The number of aromatic nitrogens is 1. The maximum Gasteiger partial charge on any atom is 0.255 e. The topological polar surface area (TPSA) is 80.3 Å². The first-order valence-corrected chi connectivity index (χ1v) is 8.96. The molecular formula is C16H19N3O3S2. The molecule has 0 bridgehead atoms. The third-order valence-electron chi connectivity index (χ3n) is 3.06. The third-order valence-corrected chi connectivity index (χ3v) is 5.23. The van der Waals surface area contributed by atoms with Gasteiger partial charge in [-0.1, -0.05) is 23.1 Å². The van der Waals surface area contributed by atoms with Crippen LogP contribution in [0.1, 0.15) is 29.8 Å². The van der Waals surface area contributed by atoms with Crippen molar-refractivity contribution >= 4 is 40.0 Å². The Kier molecular flexibility index (Phi) is 6.22. The lowest BCUT2D eigenvalue weighted by atomic mass is 10.1. The summed E-state index contributed by atoms with van der Waals surface area (Å²) < 4.78 is 6.24. The van der Waals surface area contributed by atoms with Gasteiger partial charge in [0.1, 0.15) is 5.75 Å². The van der Waals surface area contributed by atoms with E-state index in [1.165, 1.54) is 30.0 Å². The first-order valence-electron chi connectivity index (χ1n) is 7.32. The second-order valence-corrected chi connectivity index (χ2v) is 7.32. The second-order valence-electron chi connectivity index (χ2n) is 4.95. The van der Waals surface area contributed by atoms with E-state index in [0.717, 1.165) is 14.7 Å².